The summed E-state index contributed by atoms with van der Waals surface area (Å²) >= 11 is 0. The highest BCUT2D eigenvalue weighted by atomic mass is 15.1. The van der Waals surface area contributed by atoms with Crippen molar-refractivity contribution in [3.63, 3.8) is 0 Å². The van der Waals surface area contributed by atoms with E-state index in [4.69, 9.17) is 5.73 Å². The van der Waals surface area contributed by atoms with E-state index in [0.717, 1.165) is 17.0 Å². The molecule has 0 saturated heterocycles. The molecule has 1 unspecified atom stereocenters. The lowest BCUT2D eigenvalue weighted by Gasteiger charge is -2.17. The summed E-state index contributed by atoms with van der Waals surface area (Å²) in [4.78, 5) is 8.58. The van der Waals surface area contributed by atoms with Crippen LogP contribution in [0.4, 0.5) is 5.82 Å². The highest BCUT2D eigenvalue weighted by Gasteiger charge is 2.18. The van der Waals surface area contributed by atoms with Gasteiger partial charge in [-0.05, 0) is 38.7 Å². The largest absolute Gasteiger partial charge is 0.383 e. The van der Waals surface area contributed by atoms with Gasteiger partial charge < -0.3 is 10.3 Å². The fourth-order valence-electron chi connectivity index (χ4n) is 2.94. The highest BCUT2D eigenvalue weighted by molar-refractivity contribution is 5.90. The second kappa shape index (κ2) is 5.81. The standard InChI is InChI=1S/C16H26N4/c1-10(2)7-6-8-11(3)20-13(5)12(4)14-15(17)18-9-19-16(14)20/h9-11H,6-8H2,1-5H3,(H2,17,18,19). The third kappa shape index (κ3) is 2.65. The first kappa shape index (κ1) is 14.8. The molecular formula is C16H26N4. The van der Waals surface area contributed by atoms with E-state index in [1.165, 1.54) is 30.5 Å². The summed E-state index contributed by atoms with van der Waals surface area (Å²) in [5, 5.41) is 1.01. The maximum absolute atomic E-state index is 6.01. The molecule has 0 fully saturated rings. The lowest BCUT2D eigenvalue weighted by molar-refractivity contribution is 0.449. The summed E-state index contributed by atoms with van der Waals surface area (Å²) in [5.74, 6) is 1.35. The number of hydrogen-bond acceptors (Lipinski definition) is 3. The van der Waals surface area contributed by atoms with Crippen LogP contribution in [0.25, 0.3) is 11.0 Å². The van der Waals surface area contributed by atoms with Crippen LogP contribution in [0.15, 0.2) is 6.33 Å². The lowest BCUT2D eigenvalue weighted by Crippen LogP contribution is -2.08. The van der Waals surface area contributed by atoms with E-state index in [1.54, 1.807) is 6.33 Å². The lowest BCUT2D eigenvalue weighted by atomic mass is 10.0. The average molecular weight is 274 g/mol. The molecule has 0 aliphatic rings. The van der Waals surface area contributed by atoms with E-state index >= 15 is 0 Å². The maximum atomic E-state index is 6.01. The number of rotatable bonds is 5. The molecule has 0 amide bonds. The molecule has 20 heavy (non-hydrogen) atoms. The number of fused-ring (bicyclic) bond motifs is 1. The summed E-state index contributed by atoms with van der Waals surface area (Å²) in [7, 11) is 0. The van der Waals surface area contributed by atoms with Gasteiger partial charge in [0, 0.05) is 11.7 Å². The summed E-state index contributed by atoms with van der Waals surface area (Å²) in [6.07, 6.45) is 5.26. The van der Waals surface area contributed by atoms with Crippen LogP contribution in [0.2, 0.25) is 0 Å². The minimum atomic E-state index is 0.444. The quantitative estimate of drug-likeness (QED) is 0.896. The maximum Gasteiger partial charge on any atom is 0.146 e. The molecule has 4 heteroatoms. The Morgan fingerprint density at radius 3 is 2.50 bits per heavy atom. The van der Waals surface area contributed by atoms with Gasteiger partial charge >= 0.3 is 0 Å². The number of aryl methyl sites for hydroxylation is 1. The van der Waals surface area contributed by atoms with Crippen LogP contribution in [0.1, 0.15) is 57.3 Å². The van der Waals surface area contributed by atoms with Crippen LogP contribution in [0.3, 0.4) is 0 Å². The van der Waals surface area contributed by atoms with Gasteiger partial charge in [-0.2, -0.15) is 0 Å². The van der Waals surface area contributed by atoms with Crippen LogP contribution < -0.4 is 5.73 Å². The van der Waals surface area contributed by atoms with E-state index in [-0.39, 0.29) is 0 Å². The summed E-state index contributed by atoms with van der Waals surface area (Å²) in [6, 6.07) is 0.444. The fourth-order valence-corrected chi connectivity index (χ4v) is 2.94. The Balaban J connectivity index is 2.34. The van der Waals surface area contributed by atoms with E-state index in [2.05, 4.69) is 49.2 Å². The van der Waals surface area contributed by atoms with Crippen LogP contribution in [0, 0.1) is 19.8 Å². The Bertz CT molecular complexity index is 598. The van der Waals surface area contributed by atoms with Gasteiger partial charge in [0.05, 0.1) is 5.39 Å². The predicted octanol–water partition coefficient (Wildman–Crippen LogP) is 4.02. The number of anilines is 1. The van der Waals surface area contributed by atoms with Crippen LogP contribution in [-0.2, 0) is 0 Å². The Hall–Kier alpha value is -1.58. The average Bonchev–Trinajstić information content (AvgIpc) is 2.62. The van der Waals surface area contributed by atoms with Gasteiger partial charge in [-0.15, -0.1) is 0 Å². The SMILES string of the molecule is Cc1c(C)n(C(C)CCCC(C)C)c2ncnc(N)c12. The summed E-state index contributed by atoms with van der Waals surface area (Å²) in [6.45, 7) is 11.1. The fraction of sp³-hybridized carbons (Fsp3) is 0.625. The van der Waals surface area contributed by atoms with Gasteiger partial charge in [0.1, 0.15) is 17.8 Å². The van der Waals surface area contributed by atoms with Crippen molar-refractivity contribution in [1.82, 2.24) is 14.5 Å². The minimum absolute atomic E-state index is 0.444. The molecule has 0 saturated carbocycles. The third-order valence-corrected chi connectivity index (χ3v) is 4.21. The monoisotopic (exact) mass is 274 g/mol. The van der Waals surface area contributed by atoms with E-state index in [0.29, 0.717) is 11.9 Å². The van der Waals surface area contributed by atoms with Gasteiger partial charge in [0.2, 0.25) is 0 Å². The van der Waals surface area contributed by atoms with Crippen LogP contribution >= 0.6 is 0 Å². The van der Waals surface area contributed by atoms with Gasteiger partial charge in [0.25, 0.3) is 0 Å². The molecule has 1 atom stereocenters. The molecule has 2 N–H and O–H groups in total. The van der Waals surface area contributed by atoms with Crippen molar-refractivity contribution in [2.45, 2.75) is 59.9 Å². The minimum Gasteiger partial charge on any atom is -0.383 e. The molecule has 2 aromatic rings. The summed E-state index contributed by atoms with van der Waals surface area (Å²) in [5.41, 5.74) is 9.45. The van der Waals surface area contributed by atoms with Crippen molar-refractivity contribution in [2.75, 3.05) is 5.73 Å². The molecule has 0 radical (unpaired) electrons. The van der Waals surface area contributed by atoms with Crippen molar-refractivity contribution in [3.05, 3.63) is 17.6 Å². The number of nitrogens with zero attached hydrogens (tertiary/aromatic N) is 3. The first-order valence-electron chi connectivity index (χ1n) is 7.51. The molecule has 2 aromatic heterocycles. The first-order chi connectivity index (χ1) is 9.43. The van der Waals surface area contributed by atoms with Gasteiger partial charge in [0.15, 0.2) is 0 Å². The van der Waals surface area contributed by atoms with Crippen LogP contribution in [-0.4, -0.2) is 14.5 Å². The zero-order valence-electron chi connectivity index (χ0n) is 13.3. The Labute approximate surface area is 121 Å². The van der Waals surface area contributed by atoms with E-state index in [1.807, 2.05) is 0 Å². The molecule has 0 aliphatic carbocycles. The van der Waals surface area contributed by atoms with E-state index < -0.39 is 0 Å². The molecule has 110 valence electrons. The Morgan fingerprint density at radius 2 is 1.85 bits per heavy atom. The molecule has 4 nitrogen and oxygen atoms in total. The third-order valence-electron chi connectivity index (χ3n) is 4.21. The second-order valence-electron chi connectivity index (χ2n) is 6.21. The molecule has 2 rings (SSSR count). The van der Waals surface area contributed by atoms with Crippen molar-refractivity contribution in [1.29, 1.82) is 0 Å². The van der Waals surface area contributed by atoms with Crippen molar-refractivity contribution < 1.29 is 0 Å². The molecule has 0 aliphatic heterocycles. The van der Waals surface area contributed by atoms with Crippen molar-refractivity contribution in [2.24, 2.45) is 5.92 Å². The smallest absolute Gasteiger partial charge is 0.146 e. The second-order valence-corrected chi connectivity index (χ2v) is 6.21. The zero-order chi connectivity index (χ0) is 14.9. The first-order valence-corrected chi connectivity index (χ1v) is 7.51. The molecule has 2 heterocycles. The Morgan fingerprint density at radius 1 is 1.15 bits per heavy atom. The highest BCUT2D eigenvalue weighted by Crippen LogP contribution is 2.31. The number of hydrogen-bond donors (Lipinski definition) is 1. The normalized spacial score (nSPS) is 13.3. The van der Waals surface area contributed by atoms with Crippen LogP contribution in [0.5, 0.6) is 0 Å². The zero-order valence-corrected chi connectivity index (χ0v) is 13.3. The predicted molar refractivity (Wildman–Crippen MR) is 84.8 cm³/mol. The number of nitrogens with two attached hydrogens (primary N) is 1. The molecular weight excluding hydrogens is 248 g/mol. The number of nitrogen functional groups attached to an aromatic ring is 1. The van der Waals surface area contributed by atoms with Gasteiger partial charge in [-0.25, -0.2) is 9.97 Å². The van der Waals surface area contributed by atoms with Gasteiger partial charge in [-0.3, -0.25) is 0 Å². The Kier molecular flexibility index (Phi) is 4.31. The molecule has 0 aromatic carbocycles. The van der Waals surface area contributed by atoms with Gasteiger partial charge in [-0.1, -0.05) is 26.7 Å². The topological polar surface area (TPSA) is 56.7 Å². The number of aromatic nitrogens is 3. The summed E-state index contributed by atoms with van der Waals surface area (Å²) < 4.78 is 2.32. The van der Waals surface area contributed by atoms with Crippen molar-refractivity contribution in [3.8, 4) is 0 Å². The molecule has 0 spiro atoms. The van der Waals surface area contributed by atoms with E-state index in [9.17, 15) is 0 Å². The van der Waals surface area contributed by atoms with Crippen molar-refractivity contribution >= 4 is 16.9 Å². The molecule has 0 bridgehead atoms.